The third-order valence-electron chi connectivity index (χ3n) is 4.42. The van der Waals surface area contributed by atoms with Crippen molar-refractivity contribution in [2.45, 2.75) is 58.3 Å². The van der Waals surface area contributed by atoms with Crippen LogP contribution in [-0.2, 0) is 19.2 Å². The van der Waals surface area contributed by atoms with Gasteiger partial charge in [-0.3, -0.25) is 14.4 Å². The monoisotopic (exact) mass is 420 g/mol. The minimum Gasteiger partial charge on any atom is -0.480 e. The number of aliphatic hydroxyl groups excluding tert-OH is 1. The number of amides is 3. The van der Waals surface area contributed by atoms with Gasteiger partial charge in [-0.15, -0.1) is 0 Å². The summed E-state index contributed by atoms with van der Waals surface area (Å²) in [4.78, 5) is 48.0. The van der Waals surface area contributed by atoms with E-state index >= 15 is 0 Å². The van der Waals surface area contributed by atoms with Gasteiger partial charge in [0.25, 0.3) is 0 Å². The van der Waals surface area contributed by atoms with Crippen molar-refractivity contribution in [1.82, 2.24) is 16.0 Å². The molecule has 5 atom stereocenters. The molecule has 0 saturated carbocycles. The van der Waals surface area contributed by atoms with Gasteiger partial charge in [0.15, 0.2) is 0 Å². The first-order valence-corrected chi connectivity index (χ1v) is 9.74. The molecule has 0 rings (SSSR count). The van der Waals surface area contributed by atoms with Crippen LogP contribution >= 0.6 is 12.6 Å². The van der Waals surface area contributed by atoms with Crippen LogP contribution in [0.25, 0.3) is 0 Å². The van der Waals surface area contributed by atoms with Gasteiger partial charge in [-0.05, 0) is 11.8 Å². The summed E-state index contributed by atoms with van der Waals surface area (Å²) in [7, 11) is 0. The summed E-state index contributed by atoms with van der Waals surface area (Å²) in [6.45, 7) is 6.16. The lowest BCUT2D eigenvalue weighted by atomic mass is 9.99. The number of thiol groups is 1. The number of aliphatic carboxylic acids is 1. The van der Waals surface area contributed by atoms with Gasteiger partial charge >= 0.3 is 5.97 Å². The highest BCUT2D eigenvalue weighted by molar-refractivity contribution is 7.80. The molecule has 0 spiro atoms. The SMILES string of the molecule is CCC(C)C(N)C(=O)NC(CS)C(=O)NC(CO)C(=O)NC(C(=O)O)C(C)C. The summed E-state index contributed by atoms with van der Waals surface area (Å²) < 4.78 is 0. The molecule has 0 bridgehead atoms. The molecule has 0 aliphatic rings. The van der Waals surface area contributed by atoms with Crippen LogP contribution in [0.15, 0.2) is 0 Å². The van der Waals surface area contributed by atoms with E-state index in [0.29, 0.717) is 6.42 Å². The van der Waals surface area contributed by atoms with Gasteiger partial charge in [-0.25, -0.2) is 4.79 Å². The average Bonchev–Trinajstić information content (AvgIpc) is 2.65. The van der Waals surface area contributed by atoms with Crippen LogP contribution in [0.1, 0.15) is 34.1 Å². The Bertz CT molecular complexity index is 560. The lowest BCUT2D eigenvalue weighted by molar-refractivity contribution is -0.143. The van der Waals surface area contributed by atoms with Crippen LogP contribution in [0.4, 0.5) is 0 Å². The molecule has 0 fully saturated rings. The summed E-state index contributed by atoms with van der Waals surface area (Å²) in [5.41, 5.74) is 5.83. The van der Waals surface area contributed by atoms with Gasteiger partial charge in [-0.1, -0.05) is 34.1 Å². The van der Waals surface area contributed by atoms with Crippen LogP contribution in [0.3, 0.4) is 0 Å². The molecule has 0 aliphatic heterocycles. The van der Waals surface area contributed by atoms with Crippen LogP contribution < -0.4 is 21.7 Å². The maximum absolute atomic E-state index is 12.4. The Morgan fingerprint density at radius 3 is 1.86 bits per heavy atom. The lowest BCUT2D eigenvalue weighted by Crippen LogP contribution is -2.59. The third kappa shape index (κ3) is 8.03. The number of carboxylic acid groups (broad SMARTS) is 1. The number of rotatable bonds is 12. The summed E-state index contributed by atoms with van der Waals surface area (Å²) in [5.74, 6) is -3.91. The Labute approximate surface area is 170 Å². The molecule has 3 amide bonds. The zero-order valence-electron chi connectivity index (χ0n) is 16.6. The number of carboxylic acids is 1. The van der Waals surface area contributed by atoms with Crippen LogP contribution in [0, 0.1) is 11.8 Å². The second-order valence-corrected chi connectivity index (χ2v) is 7.33. The fourth-order valence-corrected chi connectivity index (χ4v) is 2.47. The molecule has 0 radical (unpaired) electrons. The van der Waals surface area contributed by atoms with Crippen molar-refractivity contribution in [3.05, 3.63) is 0 Å². The van der Waals surface area contributed by atoms with Crippen molar-refractivity contribution in [3.63, 3.8) is 0 Å². The van der Waals surface area contributed by atoms with Gasteiger partial charge in [0.2, 0.25) is 17.7 Å². The molecule has 0 aliphatic carbocycles. The summed E-state index contributed by atoms with van der Waals surface area (Å²) >= 11 is 4.03. The van der Waals surface area contributed by atoms with E-state index in [0.717, 1.165) is 0 Å². The number of hydrogen-bond acceptors (Lipinski definition) is 7. The van der Waals surface area contributed by atoms with Gasteiger partial charge in [0, 0.05) is 5.75 Å². The molecule has 0 aromatic rings. The van der Waals surface area contributed by atoms with Gasteiger partial charge in [0.1, 0.15) is 18.1 Å². The molecule has 0 aromatic carbocycles. The second-order valence-electron chi connectivity index (χ2n) is 6.97. The summed E-state index contributed by atoms with van der Waals surface area (Å²) in [5, 5.41) is 25.6. The van der Waals surface area contributed by atoms with Crippen molar-refractivity contribution in [3.8, 4) is 0 Å². The highest BCUT2D eigenvalue weighted by Crippen LogP contribution is 2.06. The van der Waals surface area contributed by atoms with Gasteiger partial charge in [0.05, 0.1) is 12.6 Å². The maximum atomic E-state index is 12.4. The molecule has 0 saturated heterocycles. The van der Waals surface area contributed by atoms with Crippen LogP contribution in [0.2, 0.25) is 0 Å². The van der Waals surface area contributed by atoms with E-state index in [2.05, 4.69) is 28.6 Å². The number of nitrogens with two attached hydrogens (primary N) is 1. The van der Waals surface area contributed by atoms with Gasteiger partial charge < -0.3 is 31.9 Å². The van der Waals surface area contributed by atoms with Gasteiger partial charge in [-0.2, -0.15) is 12.6 Å². The first-order valence-electron chi connectivity index (χ1n) is 9.11. The van der Waals surface area contributed by atoms with Crippen molar-refractivity contribution < 1.29 is 29.4 Å². The zero-order chi connectivity index (χ0) is 22.0. The van der Waals surface area contributed by atoms with E-state index in [4.69, 9.17) is 10.8 Å². The first-order chi connectivity index (χ1) is 13.0. The second kappa shape index (κ2) is 12.6. The Hall–Kier alpha value is -1.85. The predicted octanol–water partition coefficient (Wildman–Crippen LogP) is -1.52. The summed E-state index contributed by atoms with van der Waals surface area (Å²) in [6, 6.07) is -4.43. The van der Waals surface area contributed by atoms with E-state index in [9.17, 15) is 24.3 Å². The van der Waals surface area contributed by atoms with E-state index in [1.807, 2.05) is 6.92 Å². The Morgan fingerprint density at radius 2 is 1.46 bits per heavy atom. The molecular formula is C17H32N4O6S. The number of nitrogens with one attached hydrogen (secondary N) is 3. The van der Waals surface area contributed by atoms with Crippen molar-refractivity contribution in [2.24, 2.45) is 17.6 Å². The topological polar surface area (TPSA) is 171 Å². The first kappa shape index (κ1) is 26.1. The minimum atomic E-state index is -1.38. The number of carbonyl (C=O) groups excluding carboxylic acids is 3. The molecular weight excluding hydrogens is 388 g/mol. The molecule has 10 nitrogen and oxygen atoms in total. The summed E-state index contributed by atoms with van der Waals surface area (Å²) in [6.07, 6.45) is 0.680. The minimum absolute atomic E-state index is 0.0612. The molecule has 0 heterocycles. The lowest BCUT2D eigenvalue weighted by Gasteiger charge is -2.25. The molecule has 7 N–H and O–H groups in total. The average molecular weight is 421 g/mol. The van der Waals surface area contributed by atoms with E-state index in [-0.39, 0.29) is 11.7 Å². The van der Waals surface area contributed by atoms with Crippen molar-refractivity contribution >= 4 is 36.3 Å². The van der Waals surface area contributed by atoms with Crippen LogP contribution in [-0.4, -0.2) is 70.4 Å². The van der Waals surface area contributed by atoms with E-state index in [1.54, 1.807) is 20.8 Å². The highest BCUT2D eigenvalue weighted by Gasteiger charge is 2.31. The number of hydrogen-bond donors (Lipinski definition) is 7. The standard InChI is InChI=1S/C17H32N4O6S/c1-5-9(4)12(18)16(25)20-11(7-28)15(24)19-10(6-22)14(23)21-13(8(2)3)17(26)27/h8-13,22,28H,5-7,18H2,1-4H3,(H,19,24)(H,20,25)(H,21,23)(H,26,27). The normalized spacial score (nSPS) is 16.4. The largest absolute Gasteiger partial charge is 0.480 e. The maximum Gasteiger partial charge on any atom is 0.326 e. The van der Waals surface area contributed by atoms with Crippen molar-refractivity contribution in [2.75, 3.05) is 12.4 Å². The Balaban J connectivity index is 5.02. The van der Waals surface area contributed by atoms with Crippen molar-refractivity contribution in [1.29, 1.82) is 0 Å². The fraction of sp³-hybridized carbons (Fsp3) is 0.765. The molecule has 0 aromatic heterocycles. The third-order valence-corrected chi connectivity index (χ3v) is 4.79. The molecule has 5 unspecified atom stereocenters. The highest BCUT2D eigenvalue weighted by atomic mass is 32.1. The number of aliphatic hydroxyl groups is 1. The predicted molar refractivity (Wildman–Crippen MR) is 107 cm³/mol. The Kier molecular flexibility index (Phi) is 11.7. The van der Waals surface area contributed by atoms with E-state index in [1.165, 1.54) is 0 Å². The van der Waals surface area contributed by atoms with E-state index < -0.39 is 60.4 Å². The van der Waals surface area contributed by atoms with Crippen LogP contribution in [0.5, 0.6) is 0 Å². The molecule has 28 heavy (non-hydrogen) atoms. The zero-order valence-corrected chi connectivity index (χ0v) is 17.5. The smallest absolute Gasteiger partial charge is 0.326 e. The molecule has 11 heteroatoms. The fourth-order valence-electron chi connectivity index (χ4n) is 2.21. The Morgan fingerprint density at radius 1 is 0.964 bits per heavy atom. The number of carbonyl (C=O) groups is 4. The quantitative estimate of drug-likeness (QED) is 0.188. The molecule has 162 valence electrons.